The molecule has 0 saturated carbocycles. The van der Waals surface area contributed by atoms with Gasteiger partial charge in [-0.05, 0) is 49.8 Å². The highest BCUT2D eigenvalue weighted by Gasteiger charge is 2.31. The third-order valence-electron chi connectivity index (χ3n) is 6.50. The predicted octanol–water partition coefficient (Wildman–Crippen LogP) is 2.54. The fourth-order valence-corrected chi connectivity index (χ4v) is 4.71. The van der Waals surface area contributed by atoms with E-state index in [-0.39, 0.29) is 5.92 Å². The van der Waals surface area contributed by atoms with E-state index >= 15 is 0 Å². The van der Waals surface area contributed by atoms with E-state index in [1.807, 2.05) is 6.92 Å². The smallest absolute Gasteiger partial charge is 0.226 e. The summed E-state index contributed by atoms with van der Waals surface area (Å²) in [6.07, 6.45) is 4.35. The molecular formula is C22H26N6O. The summed E-state index contributed by atoms with van der Waals surface area (Å²) in [6.45, 7) is 7.40. The van der Waals surface area contributed by atoms with Gasteiger partial charge in [0.1, 0.15) is 6.33 Å². The zero-order chi connectivity index (χ0) is 20.0. The van der Waals surface area contributed by atoms with E-state index in [2.05, 4.69) is 56.3 Å². The van der Waals surface area contributed by atoms with Crippen molar-refractivity contribution in [3.8, 4) is 0 Å². The molecule has 0 atom stereocenters. The second-order valence-corrected chi connectivity index (χ2v) is 8.20. The maximum Gasteiger partial charge on any atom is 0.226 e. The van der Waals surface area contributed by atoms with Gasteiger partial charge in [-0.1, -0.05) is 24.3 Å². The largest absolute Gasteiger partial charge is 0.368 e. The van der Waals surface area contributed by atoms with Crippen molar-refractivity contribution in [2.24, 2.45) is 5.92 Å². The molecule has 0 bridgehead atoms. The number of carbonyl (C=O) groups is 1. The van der Waals surface area contributed by atoms with Crippen LogP contribution in [-0.2, 0) is 17.8 Å². The van der Waals surface area contributed by atoms with Gasteiger partial charge in [-0.3, -0.25) is 4.79 Å². The van der Waals surface area contributed by atoms with E-state index in [0.717, 1.165) is 68.0 Å². The number of benzene rings is 1. The second-order valence-electron chi connectivity index (χ2n) is 8.20. The van der Waals surface area contributed by atoms with Gasteiger partial charge in [-0.2, -0.15) is 9.61 Å². The van der Waals surface area contributed by atoms with Crippen LogP contribution in [0.5, 0.6) is 0 Å². The third-order valence-corrected chi connectivity index (χ3v) is 6.50. The molecule has 29 heavy (non-hydrogen) atoms. The van der Waals surface area contributed by atoms with Crippen LogP contribution < -0.4 is 4.90 Å². The predicted molar refractivity (Wildman–Crippen MR) is 111 cm³/mol. The van der Waals surface area contributed by atoms with Gasteiger partial charge >= 0.3 is 0 Å². The molecule has 1 fully saturated rings. The minimum Gasteiger partial charge on any atom is -0.368 e. The SMILES string of the molecule is Cc1nn2cnnc2c(N2CCC(C(=O)N3CCc4ccccc4C3)CC2)c1C. The van der Waals surface area contributed by atoms with E-state index < -0.39 is 0 Å². The lowest BCUT2D eigenvalue weighted by molar-refractivity contribution is -0.137. The molecule has 1 aromatic carbocycles. The summed E-state index contributed by atoms with van der Waals surface area (Å²) >= 11 is 0. The number of anilines is 1. The molecule has 150 valence electrons. The first-order valence-corrected chi connectivity index (χ1v) is 10.4. The van der Waals surface area contributed by atoms with Crippen molar-refractivity contribution in [1.29, 1.82) is 0 Å². The lowest BCUT2D eigenvalue weighted by Gasteiger charge is -2.37. The highest BCUT2D eigenvalue weighted by Crippen LogP contribution is 2.31. The van der Waals surface area contributed by atoms with E-state index in [9.17, 15) is 4.79 Å². The van der Waals surface area contributed by atoms with Crippen molar-refractivity contribution >= 4 is 17.2 Å². The topological polar surface area (TPSA) is 66.6 Å². The fourth-order valence-electron chi connectivity index (χ4n) is 4.71. The van der Waals surface area contributed by atoms with Crippen molar-refractivity contribution in [3.05, 3.63) is 53.0 Å². The summed E-state index contributed by atoms with van der Waals surface area (Å²) in [4.78, 5) is 17.6. The molecule has 0 unspecified atom stereocenters. The molecule has 1 amide bonds. The molecule has 7 heteroatoms. The summed E-state index contributed by atoms with van der Waals surface area (Å²) in [5, 5.41) is 12.8. The quantitative estimate of drug-likeness (QED) is 0.673. The number of aryl methyl sites for hydroxylation is 1. The Balaban J connectivity index is 1.30. The average Bonchev–Trinajstić information content (AvgIpc) is 3.21. The van der Waals surface area contributed by atoms with E-state index in [1.165, 1.54) is 11.1 Å². The molecule has 0 spiro atoms. The Bertz CT molecular complexity index is 1070. The number of hydrogen-bond donors (Lipinski definition) is 0. The Hall–Kier alpha value is -2.96. The first-order valence-electron chi connectivity index (χ1n) is 10.4. The normalized spacial score (nSPS) is 17.6. The van der Waals surface area contributed by atoms with Crippen LogP contribution in [0.4, 0.5) is 5.69 Å². The minimum atomic E-state index is 0.105. The molecule has 0 radical (unpaired) electrons. The molecule has 2 aliphatic heterocycles. The van der Waals surface area contributed by atoms with Crippen LogP contribution in [0.3, 0.4) is 0 Å². The Labute approximate surface area is 170 Å². The van der Waals surface area contributed by atoms with Gasteiger partial charge in [0.15, 0.2) is 0 Å². The fraction of sp³-hybridized carbons (Fsp3) is 0.455. The third kappa shape index (κ3) is 3.14. The van der Waals surface area contributed by atoms with Gasteiger partial charge in [-0.15, -0.1) is 10.2 Å². The molecule has 3 aromatic rings. The highest BCUT2D eigenvalue weighted by atomic mass is 16.2. The average molecular weight is 390 g/mol. The number of hydrogen-bond acceptors (Lipinski definition) is 5. The van der Waals surface area contributed by atoms with E-state index in [4.69, 9.17) is 0 Å². The van der Waals surface area contributed by atoms with Crippen molar-refractivity contribution in [3.63, 3.8) is 0 Å². The van der Waals surface area contributed by atoms with Crippen molar-refractivity contribution < 1.29 is 4.79 Å². The highest BCUT2D eigenvalue weighted by molar-refractivity contribution is 5.80. The van der Waals surface area contributed by atoms with Crippen molar-refractivity contribution in [2.45, 2.75) is 39.7 Å². The Morgan fingerprint density at radius 2 is 1.83 bits per heavy atom. The van der Waals surface area contributed by atoms with Crippen LogP contribution in [0.25, 0.3) is 5.65 Å². The summed E-state index contributed by atoms with van der Waals surface area (Å²) in [7, 11) is 0. The number of aromatic nitrogens is 4. The van der Waals surface area contributed by atoms with E-state index in [0.29, 0.717) is 5.91 Å². The number of rotatable bonds is 2. The summed E-state index contributed by atoms with van der Waals surface area (Å²) < 4.78 is 1.75. The Morgan fingerprint density at radius 3 is 2.62 bits per heavy atom. The van der Waals surface area contributed by atoms with Crippen LogP contribution in [0.2, 0.25) is 0 Å². The Kier molecular flexibility index (Phi) is 4.45. The molecular weight excluding hydrogens is 364 g/mol. The number of carbonyl (C=O) groups excluding carboxylic acids is 1. The maximum atomic E-state index is 13.2. The zero-order valence-corrected chi connectivity index (χ0v) is 17.0. The molecule has 0 aliphatic carbocycles. The van der Waals surface area contributed by atoms with Gasteiger partial charge in [-0.25, -0.2) is 0 Å². The molecule has 5 rings (SSSR count). The second kappa shape index (κ2) is 7.13. The molecule has 7 nitrogen and oxygen atoms in total. The van der Waals surface area contributed by atoms with Crippen molar-refractivity contribution in [2.75, 3.05) is 24.5 Å². The number of fused-ring (bicyclic) bond motifs is 2. The lowest BCUT2D eigenvalue weighted by Crippen LogP contribution is -2.44. The molecule has 2 aliphatic rings. The maximum absolute atomic E-state index is 13.2. The first kappa shape index (κ1) is 18.1. The summed E-state index contributed by atoms with van der Waals surface area (Å²) in [5.41, 5.74) is 6.70. The molecule has 4 heterocycles. The van der Waals surface area contributed by atoms with Crippen LogP contribution in [0, 0.1) is 19.8 Å². The summed E-state index contributed by atoms with van der Waals surface area (Å²) in [6, 6.07) is 8.48. The molecule has 0 N–H and O–H groups in total. The Morgan fingerprint density at radius 1 is 1.07 bits per heavy atom. The van der Waals surface area contributed by atoms with Gasteiger partial charge in [0.05, 0.1) is 11.4 Å². The number of piperidine rings is 1. The van der Waals surface area contributed by atoms with Gasteiger partial charge in [0, 0.05) is 32.1 Å². The molecule has 1 saturated heterocycles. The lowest BCUT2D eigenvalue weighted by atomic mass is 9.92. The molecule has 2 aromatic heterocycles. The van der Waals surface area contributed by atoms with E-state index in [1.54, 1.807) is 10.8 Å². The van der Waals surface area contributed by atoms with Crippen LogP contribution in [-0.4, -0.2) is 50.3 Å². The number of nitrogens with zero attached hydrogens (tertiary/aromatic N) is 6. The van der Waals surface area contributed by atoms with Gasteiger partial charge < -0.3 is 9.80 Å². The first-order chi connectivity index (χ1) is 14.1. The minimum absolute atomic E-state index is 0.105. The van der Waals surface area contributed by atoms with Gasteiger partial charge in [0.2, 0.25) is 11.6 Å². The van der Waals surface area contributed by atoms with Crippen LogP contribution >= 0.6 is 0 Å². The number of amides is 1. The van der Waals surface area contributed by atoms with Crippen LogP contribution in [0.1, 0.15) is 35.2 Å². The van der Waals surface area contributed by atoms with Crippen molar-refractivity contribution in [1.82, 2.24) is 24.7 Å². The zero-order valence-electron chi connectivity index (χ0n) is 17.0. The standard InChI is InChI=1S/C22H26N6O/c1-15-16(2)25-28-14-23-24-21(28)20(15)26-10-8-18(9-11-26)22(29)27-12-7-17-5-3-4-6-19(17)13-27/h3-6,14,18H,7-13H2,1-2H3. The van der Waals surface area contributed by atoms with Crippen LogP contribution in [0.15, 0.2) is 30.6 Å². The summed E-state index contributed by atoms with van der Waals surface area (Å²) in [5.74, 6) is 0.419. The monoisotopic (exact) mass is 390 g/mol. The van der Waals surface area contributed by atoms with Gasteiger partial charge in [0.25, 0.3) is 0 Å².